The fourth-order valence-electron chi connectivity index (χ4n) is 2.99. The highest BCUT2D eigenvalue weighted by molar-refractivity contribution is 14.0. The maximum Gasteiger partial charge on any atom is 0.191 e. The summed E-state index contributed by atoms with van der Waals surface area (Å²) < 4.78 is 7.75. The van der Waals surface area contributed by atoms with E-state index >= 15 is 0 Å². The third-order valence-corrected chi connectivity index (χ3v) is 4.58. The molecule has 0 aliphatic heterocycles. The van der Waals surface area contributed by atoms with E-state index in [0.29, 0.717) is 19.8 Å². The van der Waals surface area contributed by atoms with Gasteiger partial charge in [0.25, 0.3) is 0 Å². The van der Waals surface area contributed by atoms with Gasteiger partial charge in [-0.3, -0.25) is 4.68 Å². The lowest BCUT2D eigenvalue weighted by Crippen LogP contribution is -2.38. The molecule has 6 nitrogen and oxygen atoms in total. The first-order valence-corrected chi connectivity index (χ1v) is 10.5. The van der Waals surface area contributed by atoms with E-state index in [1.54, 1.807) is 6.20 Å². The summed E-state index contributed by atoms with van der Waals surface area (Å²) >= 11 is 0. The van der Waals surface area contributed by atoms with Crippen LogP contribution in [0, 0.1) is 0 Å². The topological polar surface area (TPSA) is 63.5 Å². The number of aryl methyl sites for hydroxylation is 1. The van der Waals surface area contributed by atoms with Crippen molar-refractivity contribution in [3.63, 3.8) is 0 Å². The van der Waals surface area contributed by atoms with Crippen LogP contribution in [0.4, 0.5) is 0 Å². The molecule has 0 saturated carbocycles. The molecule has 2 aromatic carbocycles. The predicted octanol–water partition coefficient (Wildman–Crippen LogP) is 4.36. The summed E-state index contributed by atoms with van der Waals surface area (Å²) in [5, 5.41) is 10.9. The molecular weight excluding hydrogens is 501 g/mol. The molecule has 2 N–H and O–H groups in total. The average molecular weight is 533 g/mol. The maximum absolute atomic E-state index is 5.80. The molecule has 0 spiro atoms. The summed E-state index contributed by atoms with van der Waals surface area (Å²) in [7, 11) is 0. The van der Waals surface area contributed by atoms with Crippen LogP contribution in [-0.4, -0.2) is 28.8 Å². The molecule has 0 aliphatic rings. The lowest BCUT2D eigenvalue weighted by Gasteiger charge is -2.11. The molecule has 3 rings (SSSR count). The first kappa shape index (κ1) is 24.9. The standard InChI is InChI=1S/C24H31N5O.HI/c1-2-25-24(26-14-6-16-29-17-7-15-28-29)27-18-21-10-12-23(13-11-21)20-30-19-22-8-4-3-5-9-22;/h3-5,7-13,15,17H,2,6,14,16,18-20H2,1H3,(H2,25,26,27);1H. The molecule has 1 heterocycles. The Morgan fingerprint density at radius 3 is 2.32 bits per heavy atom. The molecule has 0 aliphatic carbocycles. The second kappa shape index (κ2) is 14.6. The molecule has 0 unspecified atom stereocenters. The molecule has 3 aromatic rings. The van der Waals surface area contributed by atoms with Crippen LogP contribution in [0.15, 0.2) is 78.0 Å². The summed E-state index contributed by atoms with van der Waals surface area (Å²) in [5.41, 5.74) is 3.54. The van der Waals surface area contributed by atoms with Crippen LogP contribution in [0.2, 0.25) is 0 Å². The van der Waals surface area contributed by atoms with Gasteiger partial charge in [0.1, 0.15) is 0 Å². The molecule has 0 radical (unpaired) electrons. The zero-order chi connectivity index (χ0) is 20.9. The van der Waals surface area contributed by atoms with Gasteiger partial charge < -0.3 is 15.4 Å². The zero-order valence-electron chi connectivity index (χ0n) is 18.0. The Bertz CT molecular complexity index is 867. The third-order valence-electron chi connectivity index (χ3n) is 4.58. The van der Waals surface area contributed by atoms with Crippen LogP contribution < -0.4 is 10.6 Å². The number of nitrogens with zero attached hydrogens (tertiary/aromatic N) is 3. The normalized spacial score (nSPS) is 11.1. The lowest BCUT2D eigenvalue weighted by atomic mass is 10.1. The number of nitrogens with one attached hydrogen (secondary N) is 2. The Labute approximate surface area is 202 Å². The van der Waals surface area contributed by atoms with Crippen LogP contribution in [-0.2, 0) is 31.0 Å². The number of benzene rings is 2. The molecular formula is C24H32IN5O. The Hall–Kier alpha value is -2.39. The fourth-order valence-corrected chi connectivity index (χ4v) is 2.99. The van der Waals surface area contributed by atoms with Crippen molar-refractivity contribution in [1.29, 1.82) is 0 Å². The number of ether oxygens (including phenoxy) is 1. The van der Waals surface area contributed by atoms with E-state index in [-0.39, 0.29) is 24.0 Å². The smallest absolute Gasteiger partial charge is 0.191 e. The lowest BCUT2D eigenvalue weighted by molar-refractivity contribution is 0.107. The molecule has 1 aromatic heterocycles. The summed E-state index contributed by atoms with van der Waals surface area (Å²) in [4.78, 5) is 4.69. The van der Waals surface area contributed by atoms with Crippen LogP contribution in [0.3, 0.4) is 0 Å². The number of guanidine groups is 1. The van der Waals surface area contributed by atoms with E-state index in [1.807, 2.05) is 35.1 Å². The summed E-state index contributed by atoms with van der Waals surface area (Å²) in [6.45, 7) is 6.54. The van der Waals surface area contributed by atoms with Crippen molar-refractivity contribution in [3.8, 4) is 0 Å². The zero-order valence-corrected chi connectivity index (χ0v) is 20.4. The minimum absolute atomic E-state index is 0. The van der Waals surface area contributed by atoms with Gasteiger partial charge in [-0.05, 0) is 36.1 Å². The maximum atomic E-state index is 5.80. The van der Waals surface area contributed by atoms with E-state index in [4.69, 9.17) is 9.73 Å². The summed E-state index contributed by atoms with van der Waals surface area (Å²) in [5.74, 6) is 0.841. The average Bonchev–Trinajstić information content (AvgIpc) is 3.30. The second-order valence-electron chi connectivity index (χ2n) is 7.04. The SMILES string of the molecule is CCNC(=NCc1ccc(COCc2ccccc2)cc1)NCCCn1cccn1.I. The first-order chi connectivity index (χ1) is 14.8. The van der Waals surface area contributed by atoms with Gasteiger partial charge in [0.2, 0.25) is 0 Å². The highest BCUT2D eigenvalue weighted by Crippen LogP contribution is 2.09. The number of aliphatic imine (C=N–C) groups is 1. The van der Waals surface area contributed by atoms with Crippen LogP contribution in [0.1, 0.15) is 30.0 Å². The highest BCUT2D eigenvalue weighted by atomic mass is 127. The molecule has 31 heavy (non-hydrogen) atoms. The van der Waals surface area contributed by atoms with Crippen LogP contribution in [0.5, 0.6) is 0 Å². The molecule has 0 amide bonds. The number of rotatable bonds is 11. The van der Waals surface area contributed by atoms with Crippen molar-refractivity contribution < 1.29 is 4.74 Å². The van der Waals surface area contributed by atoms with Gasteiger partial charge in [-0.1, -0.05) is 54.6 Å². The Morgan fingerprint density at radius 2 is 1.65 bits per heavy atom. The van der Waals surface area contributed by atoms with Crippen LogP contribution in [0.25, 0.3) is 0 Å². The van der Waals surface area contributed by atoms with Crippen molar-refractivity contribution in [2.24, 2.45) is 4.99 Å². The van der Waals surface area contributed by atoms with Crippen molar-refractivity contribution in [2.45, 2.75) is 39.6 Å². The predicted molar refractivity (Wildman–Crippen MR) is 136 cm³/mol. The Kier molecular flexibility index (Phi) is 11.7. The third kappa shape index (κ3) is 9.52. The molecule has 0 bridgehead atoms. The van der Waals surface area contributed by atoms with Crippen molar-refractivity contribution in [1.82, 2.24) is 20.4 Å². The second-order valence-corrected chi connectivity index (χ2v) is 7.04. The van der Waals surface area contributed by atoms with E-state index in [0.717, 1.165) is 32.0 Å². The largest absolute Gasteiger partial charge is 0.372 e. The van der Waals surface area contributed by atoms with Gasteiger partial charge >= 0.3 is 0 Å². The van der Waals surface area contributed by atoms with Gasteiger partial charge in [-0.2, -0.15) is 5.10 Å². The fraction of sp³-hybridized carbons (Fsp3) is 0.333. The summed E-state index contributed by atoms with van der Waals surface area (Å²) in [6, 6.07) is 20.6. The minimum Gasteiger partial charge on any atom is -0.372 e. The number of aromatic nitrogens is 2. The Morgan fingerprint density at radius 1 is 0.935 bits per heavy atom. The van der Waals surface area contributed by atoms with Crippen molar-refractivity contribution in [3.05, 3.63) is 89.7 Å². The van der Waals surface area contributed by atoms with Gasteiger partial charge in [-0.15, -0.1) is 24.0 Å². The molecule has 0 fully saturated rings. The van der Waals surface area contributed by atoms with E-state index < -0.39 is 0 Å². The van der Waals surface area contributed by atoms with Gasteiger partial charge in [0.05, 0.1) is 19.8 Å². The highest BCUT2D eigenvalue weighted by Gasteiger charge is 2.00. The quantitative estimate of drug-likeness (QED) is 0.166. The number of halogens is 1. The van der Waals surface area contributed by atoms with E-state index in [2.05, 4.69) is 59.1 Å². The minimum atomic E-state index is 0. The van der Waals surface area contributed by atoms with Crippen molar-refractivity contribution >= 4 is 29.9 Å². The molecule has 7 heteroatoms. The molecule has 0 saturated heterocycles. The molecule has 0 atom stereocenters. The van der Waals surface area contributed by atoms with Crippen molar-refractivity contribution in [2.75, 3.05) is 13.1 Å². The number of hydrogen-bond acceptors (Lipinski definition) is 3. The first-order valence-electron chi connectivity index (χ1n) is 10.5. The molecule has 166 valence electrons. The Balaban J connectivity index is 0.00000341. The number of hydrogen-bond donors (Lipinski definition) is 2. The van der Waals surface area contributed by atoms with Gasteiger partial charge in [-0.25, -0.2) is 4.99 Å². The monoisotopic (exact) mass is 533 g/mol. The van der Waals surface area contributed by atoms with Gasteiger partial charge in [0, 0.05) is 32.0 Å². The van der Waals surface area contributed by atoms with Gasteiger partial charge in [0.15, 0.2) is 5.96 Å². The van der Waals surface area contributed by atoms with E-state index in [1.165, 1.54) is 16.7 Å². The summed E-state index contributed by atoms with van der Waals surface area (Å²) in [6.07, 6.45) is 4.78. The van der Waals surface area contributed by atoms with Crippen LogP contribution >= 0.6 is 24.0 Å². The van der Waals surface area contributed by atoms with E-state index in [9.17, 15) is 0 Å².